The van der Waals surface area contributed by atoms with Gasteiger partial charge in [0.2, 0.25) is 0 Å². The topological polar surface area (TPSA) is 3.24 Å². The van der Waals surface area contributed by atoms with Gasteiger partial charge in [-0.05, 0) is 91.2 Å². The van der Waals surface area contributed by atoms with Crippen LogP contribution in [0.15, 0.2) is 146 Å². The zero-order chi connectivity index (χ0) is 32.1. The van der Waals surface area contributed by atoms with Gasteiger partial charge in [0, 0.05) is 34.0 Å². The standard InChI is InChI=1S/C47H35N/c1-29-24-25-36-38(26-29)44(39-28-41-45(33-17-7-6-16-32(33)39)37-20-10-11-21-40(37)47(41,2)3)34-18-8-9-19-35(34)46(36)48-42-22-12-4-14-30(42)27-31-15-5-13-23-43(31)48/h4-26,28H,27H2,1-3H3. The molecule has 8 aromatic carbocycles. The van der Waals surface area contributed by atoms with Gasteiger partial charge in [-0.1, -0.05) is 147 Å². The Labute approximate surface area is 281 Å². The molecule has 0 saturated heterocycles. The molecule has 1 nitrogen and oxygen atoms in total. The number of benzene rings is 8. The summed E-state index contributed by atoms with van der Waals surface area (Å²) in [6.45, 7) is 7.01. The zero-order valence-electron chi connectivity index (χ0n) is 27.5. The number of fused-ring (bicyclic) bond motifs is 9. The Balaban J connectivity index is 1.37. The average molecular weight is 614 g/mol. The van der Waals surface area contributed by atoms with Crippen molar-refractivity contribution >= 4 is 49.4 Å². The summed E-state index contributed by atoms with van der Waals surface area (Å²) in [5.74, 6) is 0. The third-order valence-corrected chi connectivity index (χ3v) is 11.1. The molecule has 1 aliphatic heterocycles. The molecule has 48 heavy (non-hydrogen) atoms. The predicted molar refractivity (Wildman–Crippen MR) is 204 cm³/mol. The minimum absolute atomic E-state index is 0.104. The molecule has 0 amide bonds. The largest absolute Gasteiger partial charge is 0.309 e. The quantitative estimate of drug-likeness (QED) is 0.175. The Kier molecular flexibility index (Phi) is 5.67. The molecule has 2 aliphatic rings. The van der Waals surface area contributed by atoms with Gasteiger partial charge in [-0.25, -0.2) is 0 Å². The third-order valence-electron chi connectivity index (χ3n) is 11.1. The van der Waals surface area contributed by atoms with Gasteiger partial charge in [-0.2, -0.15) is 0 Å². The van der Waals surface area contributed by atoms with Gasteiger partial charge in [0.1, 0.15) is 0 Å². The van der Waals surface area contributed by atoms with Crippen LogP contribution in [0.5, 0.6) is 0 Å². The van der Waals surface area contributed by atoms with Crippen LogP contribution in [0.1, 0.15) is 41.7 Å². The molecular weight excluding hydrogens is 579 g/mol. The summed E-state index contributed by atoms with van der Waals surface area (Å²) in [7, 11) is 0. The van der Waals surface area contributed by atoms with Crippen LogP contribution in [0.25, 0.3) is 54.6 Å². The van der Waals surface area contributed by atoms with Crippen LogP contribution in [-0.2, 0) is 11.8 Å². The van der Waals surface area contributed by atoms with E-state index in [1.54, 1.807) is 0 Å². The van der Waals surface area contributed by atoms with Crippen molar-refractivity contribution in [1.29, 1.82) is 0 Å². The molecule has 228 valence electrons. The molecule has 0 aromatic heterocycles. The molecular formula is C47H35N. The van der Waals surface area contributed by atoms with Crippen molar-refractivity contribution in [1.82, 2.24) is 0 Å². The molecule has 10 rings (SSSR count). The molecule has 1 heterocycles. The summed E-state index contributed by atoms with van der Waals surface area (Å²) in [5, 5.41) is 7.75. The van der Waals surface area contributed by atoms with Gasteiger partial charge in [0.25, 0.3) is 0 Å². The SMILES string of the molecule is Cc1ccc2c(N3c4ccccc4Cc4ccccc43)c3ccccc3c(-c3cc4c(c5ccccc35)-c3ccccc3C4(C)C)c2c1. The van der Waals surface area contributed by atoms with Crippen molar-refractivity contribution in [3.05, 3.63) is 173 Å². The maximum Gasteiger partial charge on any atom is 0.0619 e. The van der Waals surface area contributed by atoms with Gasteiger partial charge in [0.05, 0.1) is 5.69 Å². The smallest absolute Gasteiger partial charge is 0.0619 e. The number of aryl methyl sites for hydroxylation is 1. The molecule has 1 heteroatoms. The van der Waals surface area contributed by atoms with E-state index in [-0.39, 0.29) is 5.41 Å². The van der Waals surface area contributed by atoms with Gasteiger partial charge >= 0.3 is 0 Å². The lowest BCUT2D eigenvalue weighted by Crippen LogP contribution is -2.19. The van der Waals surface area contributed by atoms with Crippen LogP contribution >= 0.6 is 0 Å². The van der Waals surface area contributed by atoms with Gasteiger partial charge in [-0.3, -0.25) is 0 Å². The number of hydrogen-bond donors (Lipinski definition) is 0. The second kappa shape index (κ2) is 9.92. The number of nitrogens with zero attached hydrogens (tertiary/aromatic N) is 1. The number of anilines is 3. The molecule has 0 atom stereocenters. The van der Waals surface area contributed by atoms with Crippen molar-refractivity contribution in [2.45, 2.75) is 32.6 Å². The van der Waals surface area contributed by atoms with E-state index >= 15 is 0 Å². The molecule has 0 N–H and O–H groups in total. The molecule has 0 fully saturated rings. The molecule has 1 aliphatic carbocycles. The first kappa shape index (κ1) is 27.5. The van der Waals surface area contributed by atoms with Crippen LogP contribution in [0, 0.1) is 6.92 Å². The molecule has 0 bridgehead atoms. The van der Waals surface area contributed by atoms with Crippen LogP contribution < -0.4 is 4.90 Å². The van der Waals surface area contributed by atoms with Gasteiger partial charge < -0.3 is 4.90 Å². The van der Waals surface area contributed by atoms with Crippen LogP contribution in [0.2, 0.25) is 0 Å². The first-order valence-electron chi connectivity index (χ1n) is 17.1. The summed E-state index contributed by atoms with van der Waals surface area (Å²) in [6, 6.07) is 54.7. The number of rotatable bonds is 2. The van der Waals surface area contributed by atoms with E-state index in [2.05, 4.69) is 171 Å². The van der Waals surface area contributed by atoms with E-state index in [0.717, 1.165) is 6.42 Å². The second-order valence-corrected chi connectivity index (χ2v) is 14.2. The van der Waals surface area contributed by atoms with E-state index in [1.807, 2.05) is 0 Å². The highest BCUT2D eigenvalue weighted by atomic mass is 15.2. The maximum absolute atomic E-state index is 2.54. The number of hydrogen-bond acceptors (Lipinski definition) is 1. The lowest BCUT2D eigenvalue weighted by atomic mass is 9.79. The Hall–Kier alpha value is -5.66. The minimum Gasteiger partial charge on any atom is -0.309 e. The average Bonchev–Trinajstić information content (AvgIpc) is 3.35. The molecule has 8 aromatic rings. The maximum atomic E-state index is 2.54. The van der Waals surface area contributed by atoms with Gasteiger partial charge in [-0.15, -0.1) is 0 Å². The summed E-state index contributed by atoms with van der Waals surface area (Å²) in [4.78, 5) is 2.54. The van der Waals surface area contributed by atoms with E-state index in [1.165, 1.54) is 99.5 Å². The normalized spacial score (nSPS) is 14.2. The fourth-order valence-electron chi connectivity index (χ4n) is 8.89. The third kappa shape index (κ3) is 3.67. The molecule has 0 saturated carbocycles. The van der Waals surface area contributed by atoms with Crippen LogP contribution in [0.3, 0.4) is 0 Å². The van der Waals surface area contributed by atoms with Crippen molar-refractivity contribution in [3.63, 3.8) is 0 Å². The van der Waals surface area contributed by atoms with Crippen molar-refractivity contribution in [2.75, 3.05) is 4.90 Å². The highest BCUT2D eigenvalue weighted by Gasteiger charge is 2.37. The Morgan fingerprint density at radius 2 is 1.02 bits per heavy atom. The van der Waals surface area contributed by atoms with Crippen molar-refractivity contribution < 1.29 is 0 Å². The van der Waals surface area contributed by atoms with Crippen molar-refractivity contribution in [2.24, 2.45) is 0 Å². The minimum atomic E-state index is -0.104. The van der Waals surface area contributed by atoms with Gasteiger partial charge in [0.15, 0.2) is 0 Å². The number of para-hydroxylation sites is 2. The Morgan fingerprint density at radius 3 is 1.75 bits per heavy atom. The molecule has 0 unspecified atom stereocenters. The highest BCUT2D eigenvalue weighted by molar-refractivity contribution is 6.25. The Morgan fingerprint density at radius 1 is 0.458 bits per heavy atom. The predicted octanol–water partition coefficient (Wildman–Crippen LogP) is 12.8. The fourth-order valence-corrected chi connectivity index (χ4v) is 8.89. The van der Waals surface area contributed by atoms with E-state index in [9.17, 15) is 0 Å². The van der Waals surface area contributed by atoms with Crippen molar-refractivity contribution in [3.8, 4) is 22.3 Å². The first-order chi connectivity index (χ1) is 23.5. The van der Waals surface area contributed by atoms with Crippen LogP contribution in [0.4, 0.5) is 17.1 Å². The van der Waals surface area contributed by atoms with Crippen LogP contribution in [-0.4, -0.2) is 0 Å². The summed E-state index contributed by atoms with van der Waals surface area (Å²) >= 11 is 0. The highest BCUT2D eigenvalue weighted by Crippen LogP contribution is 2.56. The van der Waals surface area contributed by atoms with E-state index in [0.29, 0.717) is 0 Å². The second-order valence-electron chi connectivity index (χ2n) is 14.2. The lowest BCUT2D eigenvalue weighted by Gasteiger charge is -2.35. The molecule has 0 spiro atoms. The summed E-state index contributed by atoms with van der Waals surface area (Å²) in [5.41, 5.74) is 15.8. The van der Waals surface area contributed by atoms with E-state index in [4.69, 9.17) is 0 Å². The first-order valence-corrected chi connectivity index (χ1v) is 17.1. The van der Waals surface area contributed by atoms with E-state index < -0.39 is 0 Å². The Bertz CT molecular complexity index is 2590. The fraction of sp³-hybridized carbons (Fsp3) is 0.106. The monoisotopic (exact) mass is 613 g/mol. The zero-order valence-corrected chi connectivity index (χ0v) is 27.5. The molecule has 0 radical (unpaired) electrons. The lowest BCUT2D eigenvalue weighted by molar-refractivity contribution is 0.661. The summed E-state index contributed by atoms with van der Waals surface area (Å²) < 4.78 is 0. The summed E-state index contributed by atoms with van der Waals surface area (Å²) in [6.07, 6.45) is 0.940.